The molecule has 1 aliphatic heterocycles. The van der Waals surface area contributed by atoms with Crippen molar-refractivity contribution in [2.45, 2.75) is 26.7 Å². The Balaban J connectivity index is 1.64. The van der Waals surface area contributed by atoms with Gasteiger partial charge in [0.1, 0.15) is 0 Å². The molecule has 0 atom stereocenters. The fourth-order valence-corrected chi connectivity index (χ4v) is 4.78. The summed E-state index contributed by atoms with van der Waals surface area (Å²) in [5.41, 5.74) is 3.10. The van der Waals surface area contributed by atoms with Crippen molar-refractivity contribution < 1.29 is 8.42 Å². The smallest absolute Gasteiger partial charge is 0.214 e. The number of aromatic nitrogens is 2. The fourth-order valence-electron chi connectivity index (χ4n) is 3.15. The van der Waals surface area contributed by atoms with Crippen LogP contribution in [0.25, 0.3) is 11.3 Å². The normalized spacial score (nSPS) is 16.0. The molecule has 0 amide bonds. The highest BCUT2D eigenvalue weighted by molar-refractivity contribution is 7.89. The maximum atomic E-state index is 12.3. The number of sulfonamides is 1. The molecule has 3 rings (SSSR count). The number of piperazine rings is 1. The number of unbranched alkanes of at least 4 members (excludes halogenated alkanes) is 1. The zero-order chi connectivity index (χ0) is 18.6. The van der Waals surface area contributed by atoms with Gasteiger partial charge in [0.05, 0.1) is 11.4 Å². The molecular weight excluding hydrogens is 348 g/mol. The lowest BCUT2D eigenvalue weighted by atomic mass is 10.1. The minimum Gasteiger partial charge on any atom is -0.352 e. The van der Waals surface area contributed by atoms with Gasteiger partial charge in [-0.25, -0.2) is 8.42 Å². The number of anilines is 1. The van der Waals surface area contributed by atoms with Crippen molar-refractivity contribution in [3.8, 4) is 11.3 Å². The Hall–Kier alpha value is -1.99. The largest absolute Gasteiger partial charge is 0.352 e. The van der Waals surface area contributed by atoms with Crippen LogP contribution in [0.15, 0.2) is 36.4 Å². The molecule has 2 heterocycles. The van der Waals surface area contributed by atoms with E-state index in [1.807, 2.05) is 37.3 Å². The highest BCUT2D eigenvalue weighted by Gasteiger charge is 2.27. The first-order chi connectivity index (χ1) is 12.5. The first kappa shape index (κ1) is 18.8. The molecule has 1 fully saturated rings. The van der Waals surface area contributed by atoms with E-state index in [2.05, 4.69) is 28.1 Å². The van der Waals surface area contributed by atoms with Crippen LogP contribution in [0, 0.1) is 6.92 Å². The van der Waals surface area contributed by atoms with E-state index >= 15 is 0 Å². The number of aryl methyl sites for hydroxylation is 1. The molecular formula is C19H26N4O2S. The average molecular weight is 375 g/mol. The van der Waals surface area contributed by atoms with E-state index in [0.29, 0.717) is 32.6 Å². The van der Waals surface area contributed by atoms with Gasteiger partial charge in [0, 0.05) is 31.7 Å². The Morgan fingerprint density at radius 2 is 1.73 bits per heavy atom. The number of rotatable bonds is 6. The second-order valence-corrected chi connectivity index (χ2v) is 8.74. The lowest BCUT2D eigenvalue weighted by Crippen LogP contribution is -2.49. The Bertz CT molecular complexity index is 829. The van der Waals surface area contributed by atoms with Crippen molar-refractivity contribution >= 4 is 15.8 Å². The predicted molar refractivity (Wildman–Crippen MR) is 105 cm³/mol. The van der Waals surface area contributed by atoms with Crippen LogP contribution in [-0.2, 0) is 10.0 Å². The zero-order valence-electron chi connectivity index (χ0n) is 15.4. The topological polar surface area (TPSA) is 66.4 Å². The SMILES string of the molecule is CCCCS(=O)(=O)N1CCN(c2ccc(-c3ccccc3C)nn2)CC1. The number of benzene rings is 1. The molecule has 0 bridgehead atoms. The van der Waals surface area contributed by atoms with Crippen molar-refractivity contribution in [1.29, 1.82) is 0 Å². The van der Waals surface area contributed by atoms with Gasteiger partial charge >= 0.3 is 0 Å². The van der Waals surface area contributed by atoms with E-state index in [9.17, 15) is 8.42 Å². The van der Waals surface area contributed by atoms with E-state index in [1.54, 1.807) is 4.31 Å². The van der Waals surface area contributed by atoms with Crippen LogP contribution in [0.2, 0.25) is 0 Å². The monoisotopic (exact) mass is 374 g/mol. The molecule has 6 nitrogen and oxygen atoms in total. The van der Waals surface area contributed by atoms with Crippen LogP contribution in [0.5, 0.6) is 0 Å². The van der Waals surface area contributed by atoms with Crippen LogP contribution >= 0.6 is 0 Å². The van der Waals surface area contributed by atoms with E-state index in [4.69, 9.17) is 0 Å². The maximum absolute atomic E-state index is 12.3. The molecule has 0 spiro atoms. The van der Waals surface area contributed by atoms with Crippen molar-refractivity contribution in [2.24, 2.45) is 0 Å². The van der Waals surface area contributed by atoms with Crippen molar-refractivity contribution in [2.75, 3.05) is 36.8 Å². The van der Waals surface area contributed by atoms with Crippen LogP contribution < -0.4 is 4.90 Å². The summed E-state index contributed by atoms with van der Waals surface area (Å²) in [4.78, 5) is 2.10. The van der Waals surface area contributed by atoms with Gasteiger partial charge in [-0.1, -0.05) is 37.6 Å². The zero-order valence-corrected chi connectivity index (χ0v) is 16.2. The molecule has 2 aromatic rings. The van der Waals surface area contributed by atoms with E-state index < -0.39 is 10.0 Å². The molecule has 1 saturated heterocycles. The van der Waals surface area contributed by atoms with Crippen molar-refractivity contribution in [3.05, 3.63) is 42.0 Å². The minimum atomic E-state index is -3.13. The average Bonchev–Trinajstić information content (AvgIpc) is 2.67. The Labute approximate surface area is 155 Å². The third-order valence-corrected chi connectivity index (χ3v) is 6.74. The van der Waals surface area contributed by atoms with Gasteiger partial charge in [0.25, 0.3) is 0 Å². The quantitative estimate of drug-likeness (QED) is 0.778. The predicted octanol–water partition coefficient (Wildman–Crippen LogP) is 2.70. The van der Waals surface area contributed by atoms with Crippen molar-refractivity contribution in [3.63, 3.8) is 0 Å². The molecule has 0 unspecified atom stereocenters. The summed E-state index contributed by atoms with van der Waals surface area (Å²) in [7, 11) is -3.13. The minimum absolute atomic E-state index is 0.244. The summed E-state index contributed by atoms with van der Waals surface area (Å²) < 4.78 is 26.2. The van der Waals surface area contributed by atoms with E-state index in [1.165, 1.54) is 5.56 Å². The van der Waals surface area contributed by atoms with Crippen LogP contribution in [-0.4, -0.2) is 54.9 Å². The second kappa shape index (κ2) is 8.14. The van der Waals surface area contributed by atoms with Crippen LogP contribution in [0.3, 0.4) is 0 Å². The molecule has 1 aliphatic rings. The third kappa shape index (κ3) is 4.22. The summed E-state index contributed by atoms with van der Waals surface area (Å²) in [6.07, 6.45) is 1.61. The maximum Gasteiger partial charge on any atom is 0.214 e. The Kier molecular flexibility index (Phi) is 5.88. The third-order valence-electron chi connectivity index (χ3n) is 4.78. The molecule has 0 N–H and O–H groups in total. The molecule has 0 saturated carbocycles. The molecule has 0 radical (unpaired) electrons. The fraction of sp³-hybridized carbons (Fsp3) is 0.474. The molecule has 26 heavy (non-hydrogen) atoms. The molecule has 1 aromatic heterocycles. The number of hydrogen-bond acceptors (Lipinski definition) is 5. The summed E-state index contributed by atoms with van der Waals surface area (Å²) in [5.74, 6) is 1.04. The number of nitrogens with zero attached hydrogens (tertiary/aromatic N) is 4. The highest BCUT2D eigenvalue weighted by atomic mass is 32.2. The van der Waals surface area contributed by atoms with Gasteiger partial charge in [-0.05, 0) is 31.0 Å². The van der Waals surface area contributed by atoms with E-state index in [-0.39, 0.29) is 5.75 Å². The summed E-state index contributed by atoms with van der Waals surface area (Å²) in [5, 5.41) is 8.73. The molecule has 7 heteroatoms. The second-order valence-electron chi connectivity index (χ2n) is 6.65. The Morgan fingerprint density at radius 1 is 1.00 bits per heavy atom. The number of hydrogen-bond donors (Lipinski definition) is 0. The van der Waals surface area contributed by atoms with Gasteiger partial charge < -0.3 is 4.90 Å². The lowest BCUT2D eigenvalue weighted by Gasteiger charge is -2.34. The van der Waals surface area contributed by atoms with E-state index in [0.717, 1.165) is 23.5 Å². The summed E-state index contributed by atoms with van der Waals surface area (Å²) >= 11 is 0. The van der Waals surface area contributed by atoms with Gasteiger partial charge in [-0.15, -0.1) is 10.2 Å². The van der Waals surface area contributed by atoms with Gasteiger partial charge in [0.15, 0.2) is 5.82 Å². The van der Waals surface area contributed by atoms with Crippen LogP contribution in [0.4, 0.5) is 5.82 Å². The molecule has 140 valence electrons. The summed E-state index contributed by atoms with van der Waals surface area (Å²) in [6.45, 7) is 6.36. The van der Waals surface area contributed by atoms with Crippen molar-refractivity contribution in [1.82, 2.24) is 14.5 Å². The Morgan fingerprint density at radius 3 is 2.35 bits per heavy atom. The van der Waals surface area contributed by atoms with Gasteiger partial charge in [-0.2, -0.15) is 4.31 Å². The standard InChI is InChI=1S/C19H26N4O2S/c1-3-4-15-26(24,25)23-13-11-22(12-14-23)19-10-9-18(20-21-19)17-8-6-5-7-16(17)2/h5-10H,3-4,11-15H2,1-2H3. The molecule has 1 aromatic carbocycles. The van der Waals surface area contributed by atoms with Crippen LogP contribution in [0.1, 0.15) is 25.3 Å². The first-order valence-corrected chi connectivity index (χ1v) is 10.7. The first-order valence-electron chi connectivity index (χ1n) is 9.14. The van der Waals surface area contributed by atoms with Gasteiger partial charge in [-0.3, -0.25) is 0 Å². The summed E-state index contributed by atoms with van der Waals surface area (Å²) in [6, 6.07) is 12.1. The van der Waals surface area contributed by atoms with Gasteiger partial charge in [0.2, 0.25) is 10.0 Å². The molecule has 0 aliphatic carbocycles. The highest BCUT2D eigenvalue weighted by Crippen LogP contribution is 2.22. The lowest BCUT2D eigenvalue weighted by molar-refractivity contribution is 0.383.